The second-order valence-electron chi connectivity index (χ2n) is 6.39. The third kappa shape index (κ3) is 6.59. The van der Waals surface area contributed by atoms with Crippen LogP contribution in [0.2, 0.25) is 0 Å². The van der Waals surface area contributed by atoms with E-state index in [4.69, 9.17) is 4.74 Å². The highest BCUT2D eigenvalue weighted by Gasteiger charge is 2.18. The van der Waals surface area contributed by atoms with E-state index in [0.29, 0.717) is 6.61 Å². The highest BCUT2D eigenvalue weighted by atomic mass is 127. The summed E-state index contributed by atoms with van der Waals surface area (Å²) in [5, 5.41) is 3.52. The fourth-order valence-corrected chi connectivity index (χ4v) is 2.92. The molecule has 0 aliphatic carbocycles. The summed E-state index contributed by atoms with van der Waals surface area (Å²) in [5.41, 5.74) is 2.55. The van der Waals surface area contributed by atoms with Crippen molar-refractivity contribution in [3.8, 4) is 0 Å². The number of ether oxygens (including phenoxy) is 1. The van der Waals surface area contributed by atoms with Crippen LogP contribution < -0.4 is 5.32 Å². The SMILES string of the molecule is CCCOCc1ccccc1CNC(=NC)N1CCC(C)CC1.I. The van der Waals surface area contributed by atoms with Crippen molar-refractivity contribution < 1.29 is 4.74 Å². The van der Waals surface area contributed by atoms with Gasteiger partial charge >= 0.3 is 0 Å². The summed E-state index contributed by atoms with van der Waals surface area (Å²) >= 11 is 0. The van der Waals surface area contributed by atoms with Crippen LogP contribution in [0.5, 0.6) is 0 Å². The molecule has 1 aliphatic heterocycles. The first-order chi connectivity index (χ1) is 11.2. The van der Waals surface area contributed by atoms with Gasteiger partial charge in [0.25, 0.3) is 0 Å². The van der Waals surface area contributed by atoms with Gasteiger partial charge in [0, 0.05) is 33.3 Å². The van der Waals surface area contributed by atoms with Crippen molar-refractivity contribution in [1.29, 1.82) is 0 Å². The number of hydrogen-bond acceptors (Lipinski definition) is 2. The predicted molar refractivity (Wildman–Crippen MR) is 112 cm³/mol. The number of likely N-dealkylation sites (tertiary alicyclic amines) is 1. The smallest absolute Gasteiger partial charge is 0.193 e. The van der Waals surface area contributed by atoms with Crippen molar-refractivity contribution in [3.05, 3.63) is 35.4 Å². The normalized spacial score (nSPS) is 16.0. The first-order valence-corrected chi connectivity index (χ1v) is 8.84. The summed E-state index contributed by atoms with van der Waals surface area (Å²) in [6.45, 7) is 8.96. The summed E-state index contributed by atoms with van der Waals surface area (Å²) in [7, 11) is 1.87. The van der Waals surface area contributed by atoms with Crippen LogP contribution in [0.4, 0.5) is 0 Å². The first kappa shape index (κ1) is 21.2. The Morgan fingerprint density at radius 3 is 2.54 bits per heavy atom. The summed E-state index contributed by atoms with van der Waals surface area (Å²) in [6, 6.07) is 8.49. The lowest BCUT2D eigenvalue weighted by molar-refractivity contribution is 0.121. The Morgan fingerprint density at radius 2 is 1.92 bits per heavy atom. The number of aliphatic imine (C=N–C) groups is 1. The second-order valence-corrected chi connectivity index (χ2v) is 6.39. The molecule has 1 aliphatic rings. The molecule has 0 aromatic heterocycles. The molecule has 0 saturated carbocycles. The molecule has 5 heteroatoms. The summed E-state index contributed by atoms with van der Waals surface area (Å²) in [4.78, 5) is 6.83. The van der Waals surface area contributed by atoms with Gasteiger partial charge in [-0.15, -0.1) is 24.0 Å². The molecule has 0 bridgehead atoms. The van der Waals surface area contributed by atoms with Crippen molar-refractivity contribution in [2.24, 2.45) is 10.9 Å². The number of halogens is 1. The Hall–Kier alpha value is -0.820. The van der Waals surface area contributed by atoms with Crippen LogP contribution in [0, 0.1) is 5.92 Å². The molecule has 0 radical (unpaired) electrons. The largest absolute Gasteiger partial charge is 0.377 e. The minimum atomic E-state index is 0. The van der Waals surface area contributed by atoms with Gasteiger partial charge in [-0.1, -0.05) is 38.1 Å². The van der Waals surface area contributed by atoms with Crippen LogP contribution in [-0.2, 0) is 17.9 Å². The average molecular weight is 445 g/mol. The van der Waals surface area contributed by atoms with Gasteiger partial charge in [0.05, 0.1) is 6.61 Å². The molecule has 136 valence electrons. The molecule has 1 fully saturated rings. The molecular weight excluding hydrogens is 413 g/mol. The van der Waals surface area contributed by atoms with Crippen molar-refractivity contribution in [3.63, 3.8) is 0 Å². The first-order valence-electron chi connectivity index (χ1n) is 8.84. The molecule has 4 nitrogen and oxygen atoms in total. The Bertz CT molecular complexity index is 499. The molecular formula is C19H32IN3O. The molecule has 0 atom stereocenters. The van der Waals surface area contributed by atoms with E-state index in [9.17, 15) is 0 Å². The predicted octanol–water partition coefficient (Wildman–Crippen LogP) is 4.04. The van der Waals surface area contributed by atoms with Gasteiger partial charge < -0.3 is 15.0 Å². The zero-order valence-electron chi connectivity index (χ0n) is 15.3. The van der Waals surface area contributed by atoms with Crippen molar-refractivity contribution in [2.45, 2.75) is 46.3 Å². The van der Waals surface area contributed by atoms with Crippen molar-refractivity contribution >= 4 is 29.9 Å². The number of benzene rings is 1. The molecule has 0 spiro atoms. The maximum atomic E-state index is 5.70. The Labute approximate surface area is 164 Å². The van der Waals surface area contributed by atoms with Crippen LogP contribution in [0.25, 0.3) is 0 Å². The van der Waals surface area contributed by atoms with Crippen LogP contribution >= 0.6 is 24.0 Å². The minimum Gasteiger partial charge on any atom is -0.377 e. The third-order valence-electron chi connectivity index (χ3n) is 4.46. The summed E-state index contributed by atoms with van der Waals surface area (Å²) in [5.74, 6) is 1.85. The Morgan fingerprint density at radius 1 is 1.25 bits per heavy atom. The topological polar surface area (TPSA) is 36.9 Å². The Balaban J connectivity index is 0.00000288. The minimum absolute atomic E-state index is 0. The van der Waals surface area contributed by atoms with E-state index >= 15 is 0 Å². The molecule has 2 rings (SSSR count). The molecule has 1 heterocycles. The van der Waals surface area contributed by atoms with Gasteiger partial charge in [-0.05, 0) is 36.3 Å². The zero-order valence-corrected chi connectivity index (χ0v) is 17.6. The summed E-state index contributed by atoms with van der Waals surface area (Å²) < 4.78 is 5.70. The molecule has 1 saturated heterocycles. The number of piperidine rings is 1. The van der Waals surface area contributed by atoms with Crippen molar-refractivity contribution in [1.82, 2.24) is 10.2 Å². The second kappa shape index (κ2) is 11.7. The van der Waals surface area contributed by atoms with Gasteiger partial charge in [-0.2, -0.15) is 0 Å². The van der Waals surface area contributed by atoms with E-state index < -0.39 is 0 Å². The Kier molecular flexibility index (Phi) is 10.3. The number of hydrogen-bond donors (Lipinski definition) is 1. The number of guanidine groups is 1. The molecule has 24 heavy (non-hydrogen) atoms. The molecule has 1 aromatic carbocycles. The quantitative estimate of drug-likeness (QED) is 0.311. The summed E-state index contributed by atoms with van der Waals surface area (Å²) in [6.07, 6.45) is 3.56. The number of nitrogens with one attached hydrogen (secondary N) is 1. The molecule has 0 amide bonds. The fraction of sp³-hybridized carbons (Fsp3) is 0.632. The van der Waals surface area contributed by atoms with Crippen LogP contribution in [0.1, 0.15) is 44.2 Å². The lowest BCUT2D eigenvalue weighted by Crippen LogP contribution is -2.45. The molecule has 1 N–H and O–H groups in total. The van der Waals surface area contributed by atoms with Crippen molar-refractivity contribution in [2.75, 3.05) is 26.7 Å². The van der Waals surface area contributed by atoms with E-state index in [1.165, 1.54) is 24.0 Å². The van der Waals surface area contributed by atoms with E-state index in [0.717, 1.165) is 44.5 Å². The highest BCUT2D eigenvalue weighted by Crippen LogP contribution is 2.16. The van der Waals surface area contributed by atoms with Gasteiger partial charge in [0.2, 0.25) is 0 Å². The third-order valence-corrected chi connectivity index (χ3v) is 4.46. The lowest BCUT2D eigenvalue weighted by atomic mass is 9.99. The fourth-order valence-electron chi connectivity index (χ4n) is 2.92. The van der Waals surface area contributed by atoms with Crippen LogP contribution in [0.3, 0.4) is 0 Å². The van der Waals surface area contributed by atoms with E-state index in [1.54, 1.807) is 0 Å². The maximum Gasteiger partial charge on any atom is 0.193 e. The van der Waals surface area contributed by atoms with Gasteiger partial charge in [-0.25, -0.2) is 0 Å². The van der Waals surface area contributed by atoms with Crippen LogP contribution in [-0.4, -0.2) is 37.6 Å². The van der Waals surface area contributed by atoms with E-state index in [2.05, 4.69) is 53.3 Å². The average Bonchev–Trinajstić information content (AvgIpc) is 2.58. The van der Waals surface area contributed by atoms with Crippen LogP contribution in [0.15, 0.2) is 29.3 Å². The molecule has 0 unspecified atom stereocenters. The standard InChI is InChI=1S/C19H31N3O.HI/c1-4-13-23-15-18-8-6-5-7-17(18)14-21-19(20-3)22-11-9-16(2)10-12-22;/h5-8,16H,4,9-15H2,1-3H3,(H,20,21);1H. The van der Waals surface area contributed by atoms with E-state index in [-0.39, 0.29) is 24.0 Å². The van der Waals surface area contributed by atoms with Gasteiger partial charge in [0.1, 0.15) is 0 Å². The van der Waals surface area contributed by atoms with Gasteiger partial charge in [0.15, 0.2) is 5.96 Å². The van der Waals surface area contributed by atoms with E-state index in [1.807, 2.05) is 7.05 Å². The number of nitrogens with zero attached hydrogens (tertiary/aromatic N) is 2. The highest BCUT2D eigenvalue weighted by molar-refractivity contribution is 14.0. The monoisotopic (exact) mass is 445 g/mol. The zero-order chi connectivity index (χ0) is 16.5. The number of rotatable bonds is 6. The maximum absolute atomic E-state index is 5.70. The molecule has 1 aromatic rings. The lowest BCUT2D eigenvalue weighted by Gasteiger charge is -2.33. The van der Waals surface area contributed by atoms with Gasteiger partial charge in [-0.3, -0.25) is 4.99 Å².